The summed E-state index contributed by atoms with van der Waals surface area (Å²) in [6.07, 6.45) is 5.06. The largest absolute Gasteiger partial charge is 0.352 e. The molecule has 1 saturated carbocycles. The Balaban J connectivity index is 1.70. The van der Waals surface area contributed by atoms with Gasteiger partial charge in [-0.2, -0.15) is 0 Å². The molecule has 0 spiro atoms. The summed E-state index contributed by atoms with van der Waals surface area (Å²) in [6.45, 7) is 3.17. The molecule has 1 N–H and O–H groups in total. The van der Waals surface area contributed by atoms with E-state index in [0.717, 1.165) is 47.5 Å². The van der Waals surface area contributed by atoms with Crippen LogP contribution in [0.5, 0.6) is 0 Å². The summed E-state index contributed by atoms with van der Waals surface area (Å²) in [5.74, 6) is -0.815. The molecule has 2 amide bonds. The average Bonchev–Trinajstić information content (AvgIpc) is 2.96. The summed E-state index contributed by atoms with van der Waals surface area (Å²) in [5, 5.41) is 3.49. The van der Waals surface area contributed by atoms with Gasteiger partial charge in [0.15, 0.2) is 0 Å². The normalized spacial score (nSPS) is 14.7. The number of hydrogen-bond donors (Lipinski definition) is 1. The monoisotopic (exact) mass is 615 g/mol. The van der Waals surface area contributed by atoms with Gasteiger partial charge in [0.25, 0.3) is 10.0 Å². The maximum Gasteiger partial charge on any atom is 0.264 e. The van der Waals surface area contributed by atoms with Crippen LogP contribution in [-0.2, 0) is 26.2 Å². The number of amides is 2. The van der Waals surface area contributed by atoms with Gasteiger partial charge < -0.3 is 10.2 Å². The fourth-order valence-corrected chi connectivity index (χ4v) is 6.95. The third-order valence-electron chi connectivity index (χ3n) is 7.34. The third kappa shape index (κ3) is 7.82. The van der Waals surface area contributed by atoms with Crippen molar-refractivity contribution in [1.82, 2.24) is 10.2 Å². The Kier molecular flexibility index (Phi) is 10.3. The van der Waals surface area contributed by atoms with Crippen molar-refractivity contribution in [3.8, 4) is 0 Å². The van der Waals surface area contributed by atoms with Crippen molar-refractivity contribution in [1.29, 1.82) is 0 Å². The minimum atomic E-state index is -4.23. The SMILES string of the molecule is Cc1cccc(CN(C(=O)CN(c2cc(Cl)ccc2Cl)S(=O)(=O)c2ccccc2)[C@H](C)C(=O)NC2CCCCC2)c1. The highest BCUT2D eigenvalue weighted by atomic mass is 35.5. The first-order valence-electron chi connectivity index (χ1n) is 13.7. The van der Waals surface area contributed by atoms with E-state index < -0.39 is 28.5 Å². The molecule has 1 atom stereocenters. The van der Waals surface area contributed by atoms with Gasteiger partial charge in [0.05, 0.1) is 15.6 Å². The van der Waals surface area contributed by atoms with E-state index in [0.29, 0.717) is 0 Å². The van der Waals surface area contributed by atoms with Gasteiger partial charge >= 0.3 is 0 Å². The predicted molar refractivity (Wildman–Crippen MR) is 164 cm³/mol. The summed E-state index contributed by atoms with van der Waals surface area (Å²) in [4.78, 5) is 28.9. The highest BCUT2D eigenvalue weighted by Crippen LogP contribution is 2.33. The van der Waals surface area contributed by atoms with Crippen molar-refractivity contribution < 1.29 is 18.0 Å². The van der Waals surface area contributed by atoms with Crippen LogP contribution < -0.4 is 9.62 Å². The van der Waals surface area contributed by atoms with Crippen molar-refractivity contribution in [2.45, 2.75) is 69.5 Å². The number of carbonyl (C=O) groups is 2. The van der Waals surface area contributed by atoms with E-state index in [1.807, 2.05) is 31.2 Å². The molecule has 41 heavy (non-hydrogen) atoms. The first-order chi connectivity index (χ1) is 19.6. The molecular weight excluding hydrogens is 581 g/mol. The lowest BCUT2D eigenvalue weighted by atomic mass is 9.95. The Morgan fingerprint density at radius 3 is 2.34 bits per heavy atom. The van der Waals surface area contributed by atoms with Crippen LogP contribution in [0.2, 0.25) is 10.0 Å². The van der Waals surface area contributed by atoms with E-state index in [1.165, 1.54) is 29.2 Å². The molecule has 10 heteroatoms. The molecule has 0 radical (unpaired) electrons. The Hall–Kier alpha value is -3.07. The number of sulfonamides is 1. The van der Waals surface area contributed by atoms with Gasteiger partial charge in [0, 0.05) is 17.6 Å². The quantitative estimate of drug-likeness (QED) is 0.287. The van der Waals surface area contributed by atoms with E-state index in [4.69, 9.17) is 23.2 Å². The van der Waals surface area contributed by atoms with Gasteiger partial charge in [-0.1, -0.05) is 90.5 Å². The molecule has 0 aromatic heterocycles. The van der Waals surface area contributed by atoms with Crippen LogP contribution in [-0.4, -0.2) is 43.8 Å². The Labute approximate surface area is 252 Å². The third-order valence-corrected chi connectivity index (χ3v) is 9.67. The lowest BCUT2D eigenvalue weighted by Crippen LogP contribution is -2.53. The van der Waals surface area contributed by atoms with Crippen LogP contribution >= 0.6 is 23.2 Å². The molecule has 0 heterocycles. The van der Waals surface area contributed by atoms with Crippen LogP contribution in [0.4, 0.5) is 5.69 Å². The van der Waals surface area contributed by atoms with Crippen molar-refractivity contribution >= 4 is 50.7 Å². The number of halogens is 2. The summed E-state index contributed by atoms with van der Waals surface area (Å²) >= 11 is 12.7. The molecule has 1 aliphatic rings. The number of nitrogens with one attached hydrogen (secondary N) is 1. The van der Waals surface area contributed by atoms with Gasteiger partial charge in [0.2, 0.25) is 11.8 Å². The van der Waals surface area contributed by atoms with E-state index in [1.54, 1.807) is 31.2 Å². The van der Waals surface area contributed by atoms with E-state index >= 15 is 0 Å². The standard InChI is InChI=1S/C31H35Cl2N3O4S/c1-22-10-9-11-24(18-22)20-35(23(2)31(38)34-26-12-5-3-6-13-26)30(37)21-36(29-19-25(32)16-17-28(29)33)41(39,40)27-14-7-4-8-15-27/h4,7-11,14-19,23,26H,3,5-6,12-13,20-21H2,1-2H3,(H,34,38)/t23-/m1/s1. The molecule has 4 rings (SSSR count). The van der Waals surface area contributed by atoms with E-state index in [-0.39, 0.29) is 39.1 Å². The number of carbonyl (C=O) groups excluding carboxylic acids is 2. The minimum absolute atomic E-state index is 0.00262. The Morgan fingerprint density at radius 2 is 1.66 bits per heavy atom. The molecule has 0 unspecified atom stereocenters. The van der Waals surface area contributed by atoms with Crippen molar-refractivity contribution in [2.24, 2.45) is 0 Å². The first-order valence-corrected chi connectivity index (χ1v) is 15.9. The molecule has 3 aromatic rings. The van der Waals surface area contributed by atoms with Crippen LogP contribution in [0, 0.1) is 6.92 Å². The summed E-state index contributed by atoms with van der Waals surface area (Å²) in [5.41, 5.74) is 1.91. The van der Waals surface area contributed by atoms with Gasteiger partial charge in [-0.25, -0.2) is 8.42 Å². The Bertz CT molecular complexity index is 1480. The van der Waals surface area contributed by atoms with Gasteiger partial charge in [-0.3, -0.25) is 13.9 Å². The molecule has 1 fully saturated rings. The van der Waals surface area contributed by atoms with Crippen molar-refractivity contribution in [2.75, 3.05) is 10.8 Å². The summed E-state index contributed by atoms with van der Waals surface area (Å²) in [7, 11) is -4.23. The summed E-state index contributed by atoms with van der Waals surface area (Å²) < 4.78 is 28.8. The van der Waals surface area contributed by atoms with Crippen LogP contribution in [0.1, 0.15) is 50.2 Å². The predicted octanol–water partition coefficient (Wildman–Crippen LogP) is 6.36. The number of aryl methyl sites for hydroxylation is 1. The van der Waals surface area contributed by atoms with Crippen LogP contribution in [0.25, 0.3) is 0 Å². The molecular formula is C31H35Cl2N3O4S. The van der Waals surface area contributed by atoms with Crippen LogP contribution in [0.15, 0.2) is 77.7 Å². The number of hydrogen-bond acceptors (Lipinski definition) is 4. The number of benzene rings is 3. The molecule has 3 aromatic carbocycles. The first kappa shape index (κ1) is 30.9. The Morgan fingerprint density at radius 1 is 0.951 bits per heavy atom. The smallest absolute Gasteiger partial charge is 0.264 e. The zero-order valence-corrected chi connectivity index (χ0v) is 25.6. The molecule has 1 aliphatic carbocycles. The lowest BCUT2D eigenvalue weighted by Gasteiger charge is -2.33. The fraction of sp³-hybridized carbons (Fsp3) is 0.355. The minimum Gasteiger partial charge on any atom is -0.352 e. The maximum absolute atomic E-state index is 14.1. The summed E-state index contributed by atoms with van der Waals surface area (Å²) in [6, 6.07) is 19.2. The molecule has 0 aliphatic heterocycles. The molecule has 0 bridgehead atoms. The zero-order chi connectivity index (χ0) is 29.6. The highest BCUT2D eigenvalue weighted by Gasteiger charge is 2.34. The fourth-order valence-electron chi connectivity index (χ4n) is 5.07. The second-order valence-electron chi connectivity index (χ2n) is 10.5. The van der Waals surface area contributed by atoms with Crippen LogP contribution in [0.3, 0.4) is 0 Å². The molecule has 7 nitrogen and oxygen atoms in total. The van der Waals surface area contributed by atoms with Crippen molar-refractivity contribution in [3.05, 3.63) is 94.0 Å². The second kappa shape index (κ2) is 13.7. The lowest BCUT2D eigenvalue weighted by molar-refractivity contribution is -0.139. The highest BCUT2D eigenvalue weighted by molar-refractivity contribution is 7.92. The van der Waals surface area contributed by atoms with E-state index in [9.17, 15) is 18.0 Å². The van der Waals surface area contributed by atoms with Crippen molar-refractivity contribution in [3.63, 3.8) is 0 Å². The maximum atomic E-state index is 14.1. The number of nitrogens with zero attached hydrogens (tertiary/aromatic N) is 2. The van der Waals surface area contributed by atoms with Gasteiger partial charge in [0.1, 0.15) is 12.6 Å². The topological polar surface area (TPSA) is 86.8 Å². The average molecular weight is 617 g/mol. The van der Waals surface area contributed by atoms with Gasteiger partial charge in [-0.05, 0) is 62.6 Å². The number of rotatable bonds is 10. The second-order valence-corrected chi connectivity index (χ2v) is 13.2. The molecule has 218 valence electrons. The van der Waals surface area contributed by atoms with Gasteiger partial charge in [-0.15, -0.1) is 0 Å². The van der Waals surface area contributed by atoms with E-state index in [2.05, 4.69) is 5.32 Å². The number of anilines is 1. The molecule has 0 saturated heterocycles. The zero-order valence-electron chi connectivity index (χ0n) is 23.2.